The molecule has 0 radical (unpaired) electrons. The second kappa shape index (κ2) is 9.36. The van der Waals surface area contributed by atoms with E-state index in [4.69, 9.17) is 5.73 Å². The lowest BCUT2D eigenvalue weighted by atomic mass is 10.1. The van der Waals surface area contributed by atoms with E-state index in [1.807, 2.05) is 18.7 Å². The number of hydrogen-bond acceptors (Lipinski definition) is 6. The van der Waals surface area contributed by atoms with Crippen LogP contribution in [0.25, 0.3) is 16.6 Å². The standard InChI is InChI=1S/C25H24F3N7O2/c1-13(2)34-12-15-22(32-34)18(28)10-20(23(15)33-9-8-14(29)11-33)30-25(37)19-6-7-21(36)35(31-19)24-16(26)4-3-5-17(24)27/h3-7,10,12-14H,8-9,11,29H2,1-2H3,(H,30,37)/t14-/m1/s1. The zero-order chi connectivity index (χ0) is 26.4. The quantitative estimate of drug-likeness (QED) is 0.425. The lowest BCUT2D eigenvalue weighted by molar-refractivity contribution is 0.102. The maximum Gasteiger partial charge on any atom is 0.276 e. The van der Waals surface area contributed by atoms with Crippen LogP contribution in [0.5, 0.6) is 0 Å². The number of nitrogens with one attached hydrogen (secondary N) is 1. The molecule has 4 aromatic rings. The van der Waals surface area contributed by atoms with Gasteiger partial charge < -0.3 is 16.0 Å². The number of fused-ring (bicyclic) bond motifs is 1. The van der Waals surface area contributed by atoms with Gasteiger partial charge in [0.2, 0.25) is 0 Å². The summed E-state index contributed by atoms with van der Waals surface area (Å²) in [5.74, 6) is -3.47. The van der Waals surface area contributed by atoms with E-state index >= 15 is 4.39 Å². The third-order valence-corrected chi connectivity index (χ3v) is 6.24. The summed E-state index contributed by atoms with van der Waals surface area (Å²) < 4.78 is 45.9. The summed E-state index contributed by atoms with van der Waals surface area (Å²) in [4.78, 5) is 27.5. The first-order valence-electron chi connectivity index (χ1n) is 11.7. The van der Waals surface area contributed by atoms with Gasteiger partial charge in [-0.15, -0.1) is 0 Å². The minimum atomic E-state index is -1.02. The van der Waals surface area contributed by atoms with Crippen LogP contribution in [0.1, 0.15) is 36.8 Å². The predicted octanol–water partition coefficient (Wildman–Crippen LogP) is 3.37. The first-order chi connectivity index (χ1) is 17.6. The Hall–Kier alpha value is -4.19. The summed E-state index contributed by atoms with van der Waals surface area (Å²) in [5.41, 5.74) is 5.14. The van der Waals surface area contributed by atoms with Crippen LogP contribution in [0.2, 0.25) is 0 Å². The Kier molecular flexibility index (Phi) is 6.20. The smallest absolute Gasteiger partial charge is 0.276 e. The molecule has 37 heavy (non-hydrogen) atoms. The highest BCUT2D eigenvalue weighted by atomic mass is 19.1. The number of halogens is 3. The van der Waals surface area contributed by atoms with E-state index in [1.165, 1.54) is 6.07 Å². The minimum absolute atomic E-state index is 0.0254. The maximum absolute atomic E-state index is 15.1. The van der Waals surface area contributed by atoms with Crippen molar-refractivity contribution in [3.8, 4) is 5.69 Å². The van der Waals surface area contributed by atoms with Crippen molar-refractivity contribution in [3.05, 3.63) is 76.1 Å². The number of nitrogens with two attached hydrogens (primary N) is 1. The third-order valence-electron chi connectivity index (χ3n) is 6.24. The second-order valence-electron chi connectivity index (χ2n) is 9.21. The molecule has 0 aliphatic carbocycles. The van der Waals surface area contributed by atoms with Crippen molar-refractivity contribution in [2.45, 2.75) is 32.4 Å². The number of carbonyl (C=O) groups excluding carboxylic acids is 1. The van der Waals surface area contributed by atoms with E-state index in [2.05, 4.69) is 15.5 Å². The topological polar surface area (TPSA) is 111 Å². The normalized spacial score (nSPS) is 15.6. The molecule has 0 bridgehead atoms. The summed E-state index contributed by atoms with van der Waals surface area (Å²) in [6, 6.07) is 6.25. The molecular weight excluding hydrogens is 487 g/mol. The predicted molar refractivity (Wildman–Crippen MR) is 133 cm³/mol. The molecular formula is C25H24F3N7O2. The van der Waals surface area contributed by atoms with E-state index in [-0.39, 0.29) is 29.0 Å². The second-order valence-corrected chi connectivity index (χ2v) is 9.21. The Balaban J connectivity index is 1.59. The van der Waals surface area contributed by atoms with Gasteiger partial charge in [-0.25, -0.2) is 13.2 Å². The minimum Gasteiger partial charge on any atom is -0.368 e. The van der Waals surface area contributed by atoms with E-state index in [0.29, 0.717) is 35.3 Å². The van der Waals surface area contributed by atoms with E-state index in [9.17, 15) is 18.4 Å². The van der Waals surface area contributed by atoms with Crippen molar-refractivity contribution in [1.29, 1.82) is 0 Å². The van der Waals surface area contributed by atoms with E-state index in [1.54, 1.807) is 10.9 Å². The lowest BCUT2D eigenvalue weighted by Gasteiger charge is -2.23. The number of carbonyl (C=O) groups is 1. The first-order valence-corrected chi connectivity index (χ1v) is 11.7. The molecule has 1 saturated heterocycles. The van der Waals surface area contributed by atoms with Crippen molar-refractivity contribution >= 4 is 28.2 Å². The molecule has 2 aromatic carbocycles. The Morgan fingerprint density at radius 2 is 1.81 bits per heavy atom. The molecule has 0 spiro atoms. The average molecular weight is 512 g/mol. The molecule has 1 amide bonds. The van der Waals surface area contributed by atoms with Gasteiger partial charge in [-0.3, -0.25) is 14.3 Å². The number of nitrogens with zero attached hydrogens (tertiary/aromatic N) is 5. The molecule has 5 rings (SSSR count). The molecule has 12 heteroatoms. The van der Waals surface area contributed by atoms with Crippen molar-refractivity contribution < 1.29 is 18.0 Å². The van der Waals surface area contributed by atoms with Gasteiger partial charge in [-0.2, -0.15) is 14.9 Å². The fourth-order valence-corrected chi connectivity index (χ4v) is 4.41. The molecule has 1 atom stereocenters. The maximum atomic E-state index is 15.1. The van der Waals surface area contributed by atoms with Gasteiger partial charge in [0.25, 0.3) is 11.5 Å². The van der Waals surface area contributed by atoms with Crippen molar-refractivity contribution in [2.24, 2.45) is 5.73 Å². The highest BCUT2D eigenvalue weighted by molar-refractivity contribution is 6.09. The molecule has 192 valence electrons. The number of para-hydroxylation sites is 1. The van der Waals surface area contributed by atoms with Crippen LogP contribution in [0, 0.1) is 17.5 Å². The zero-order valence-electron chi connectivity index (χ0n) is 20.1. The molecule has 0 saturated carbocycles. The molecule has 1 aliphatic rings. The number of amides is 1. The molecule has 3 N–H and O–H groups in total. The van der Waals surface area contributed by atoms with Gasteiger partial charge in [-0.05, 0) is 38.5 Å². The molecule has 2 aromatic heterocycles. The summed E-state index contributed by atoms with van der Waals surface area (Å²) in [5, 5.41) is 11.4. The third kappa shape index (κ3) is 4.44. The Bertz CT molecular complexity index is 1560. The fraction of sp³-hybridized carbons (Fsp3) is 0.280. The van der Waals surface area contributed by atoms with Gasteiger partial charge in [0, 0.05) is 48.9 Å². The first kappa shape index (κ1) is 24.5. The van der Waals surface area contributed by atoms with Gasteiger partial charge in [0.15, 0.2) is 17.5 Å². The van der Waals surface area contributed by atoms with Gasteiger partial charge in [0.05, 0.1) is 11.4 Å². The van der Waals surface area contributed by atoms with Crippen LogP contribution in [-0.4, -0.2) is 44.6 Å². The number of benzene rings is 2. The van der Waals surface area contributed by atoms with Crippen molar-refractivity contribution in [3.63, 3.8) is 0 Å². The van der Waals surface area contributed by atoms with Crippen LogP contribution >= 0.6 is 0 Å². The van der Waals surface area contributed by atoms with Gasteiger partial charge in [-0.1, -0.05) is 6.07 Å². The van der Waals surface area contributed by atoms with Crippen LogP contribution in [0.3, 0.4) is 0 Å². The van der Waals surface area contributed by atoms with E-state index in [0.717, 1.165) is 30.3 Å². The summed E-state index contributed by atoms with van der Waals surface area (Å²) >= 11 is 0. The van der Waals surface area contributed by atoms with E-state index < -0.39 is 34.6 Å². The zero-order valence-corrected chi connectivity index (χ0v) is 20.1. The highest BCUT2D eigenvalue weighted by Crippen LogP contribution is 2.38. The molecule has 9 nitrogen and oxygen atoms in total. The Labute approximate surface area is 209 Å². The summed E-state index contributed by atoms with van der Waals surface area (Å²) in [6.07, 6.45) is 2.43. The molecule has 3 heterocycles. The number of rotatable bonds is 5. The monoisotopic (exact) mass is 511 g/mol. The molecule has 0 unspecified atom stereocenters. The summed E-state index contributed by atoms with van der Waals surface area (Å²) in [7, 11) is 0. The SMILES string of the molecule is CC(C)n1cc2c(N3CC[C@@H](N)C3)c(NC(=O)c3ccc(=O)n(-c4c(F)cccc4F)n3)cc(F)c2n1. The van der Waals surface area contributed by atoms with Crippen LogP contribution in [-0.2, 0) is 0 Å². The largest absolute Gasteiger partial charge is 0.368 e. The van der Waals surface area contributed by atoms with Crippen molar-refractivity contribution in [1.82, 2.24) is 19.6 Å². The summed E-state index contributed by atoms with van der Waals surface area (Å²) in [6.45, 7) is 4.91. The fourth-order valence-electron chi connectivity index (χ4n) is 4.41. The van der Waals surface area contributed by atoms with Gasteiger partial charge >= 0.3 is 0 Å². The van der Waals surface area contributed by atoms with Crippen LogP contribution in [0.4, 0.5) is 24.5 Å². The van der Waals surface area contributed by atoms with Crippen LogP contribution < -0.4 is 21.5 Å². The van der Waals surface area contributed by atoms with Gasteiger partial charge in [0.1, 0.15) is 16.9 Å². The Morgan fingerprint density at radius 3 is 2.46 bits per heavy atom. The highest BCUT2D eigenvalue weighted by Gasteiger charge is 2.27. The molecule has 1 aliphatic heterocycles. The number of anilines is 2. The number of aromatic nitrogens is 4. The van der Waals surface area contributed by atoms with Crippen molar-refractivity contribution in [2.75, 3.05) is 23.3 Å². The average Bonchev–Trinajstić information content (AvgIpc) is 3.47. The molecule has 1 fully saturated rings. The lowest BCUT2D eigenvalue weighted by Crippen LogP contribution is -2.28. The Morgan fingerprint density at radius 1 is 1.08 bits per heavy atom. The number of hydrogen-bond donors (Lipinski definition) is 2. The van der Waals surface area contributed by atoms with Crippen LogP contribution in [0.15, 0.2) is 47.4 Å².